The third kappa shape index (κ3) is 4.75. The summed E-state index contributed by atoms with van der Waals surface area (Å²) in [7, 11) is 1.21. The molecule has 19 heavy (non-hydrogen) atoms. The van der Waals surface area contributed by atoms with Crippen LogP contribution < -0.4 is 5.32 Å². The van der Waals surface area contributed by atoms with E-state index in [1.807, 2.05) is 6.07 Å². The first-order valence-corrected chi connectivity index (χ1v) is 5.70. The Kier molecular flexibility index (Phi) is 5.47. The summed E-state index contributed by atoms with van der Waals surface area (Å²) in [6, 6.07) is 8.82. The number of methoxy groups -OCH3 is 1. The van der Waals surface area contributed by atoms with Crippen molar-refractivity contribution in [1.82, 2.24) is 0 Å². The van der Waals surface area contributed by atoms with E-state index in [9.17, 15) is 14.4 Å². The van der Waals surface area contributed by atoms with Gasteiger partial charge in [0.05, 0.1) is 13.0 Å². The normalized spacial score (nSPS) is 11.9. The summed E-state index contributed by atoms with van der Waals surface area (Å²) in [4.78, 5) is 34.3. The minimum Gasteiger partial charge on any atom is -0.466 e. The van der Waals surface area contributed by atoms with E-state index >= 15 is 0 Å². The van der Waals surface area contributed by atoms with Crippen LogP contribution in [0.25, 0.3) is 0 Å². The SMILES string of the molecule is COC(=O)/C=C\C(=O)C(C)C(=O)Nc1ccccc1. The molecule has 1 rings (SSSR count). The first-order valence-electron chi connectivity index (χ1n) is 5.70. The molecule has 1 amide bonds. The van der Waals surface area contributed by atoms with Crippen molar-refractivity contribution in [1.29, 1.82) is 0 Å². The number of hydrogen-bond donors (Lipinski definition) is 1. The Labute approximate surface area is 111 Å². The van der Waals surface area contributed by atoms with Gasteiger partial charge in [0, 0.05) is 11.8 Å². The van der Waals surface area contributed by atoms with Crippen LogP contribution in [-0.4, -0.2) is 24.8 Å². The molecule has 5 nitrogen and oxygen atoms in total. The second kappa shape index (κ2) is 7.10. The van der Waals surface area contributed by atoms with Crippen molar-refractivity contribution < 1.29 is 19.1 Å². The second-order valence-corrected chi connectivity index (χ2v) is 3.84. The van der Waals surface area contributed by atoms with Crippen molar-refractivity contribution in [2.24, 2.45) is 5.92 Å². The minimum absolute atomic E-state index is 0.425. The lowest BCUT2D eigenvalue weighted by Crippen LogP contribution is -2.26. The molecule has 0 radical (unpaired) electrons. The smallest absolute Gasteiger partial charge is 0.330 e. The largest absolute Gasteiger partial charge is 0.466 e. The molecule has 0 heterocycles. The van der Waals surface area contributed by atoms with Crippen LogP contribution in [0.5, 0.6) is 0 Å². The Morgan fingerprint density at radius 1 is 1.16 bits per heavy atom. The molecular formula is C14H15NO4. The first kappa shape index (κ1) is 14.6. The van der Waals surface area contributed by atoms with Crippen molar-refractivity contribution in [2.45, 2.75) is 6.92 Å². The lowest BCUT2D eigenvalue weighted by molar-refractivity contribution is -0.135. The van der Waals surface area contributed by atoms with E-state index in [1.165, 1.54) is 14.0 Å². The lowest BCUT2D eigenvalue weighted by atomic mass is 10.1. The standard InChI is InChI=1S/C14H15NO4/c1-10(12(16)8-9-13(17)19-2)14(18)15-11-6-4-3-5-7-11/h3-10H,1-2H3,(H,15,18)/b9-8-. The molecule has 1 aromatic rings. The molecule has 0 aliphatic carbocycles. The van der Waals surface area contributed by atoms with E-state index in [-0.39, 0.29) is 0 Å². The van der Waals surface area contributed by atoms with Gasteiger partial charge >= 0.3 is 5.97 Å². The molecule has 0 aliphatic heterocycles. The molecule has 0 aliphatic rings. The summed E-state index contributed by atoms with van der Waals surface area (Å²) >= 11 is 0. The highest BCUT2D eigenvalue weighted by Crippen LogP contribution is 2.08. The highest BCUT2D eigenvalue weighted by molar-refractivity contribution is 6.11. The zero-order valence-corrected chi connectivity index (χ0v) is 10.8. The fourth-order valence-corrected chi connectivity index (χ4v) is 1.26. The number of nitrogens with one attached hydrogen (secondary N) is 1. The summed E-state index contributed by atoms with van der Waals surface area (Å²) in [5.41, 5.74) is 0.615. The van der Waals surface area contributed by atoms with Crippen LogP contribution in [-0.2, 0) is 19.1 Å². The number of hydrogen-bond acceptors (Lipinski definition) is 4. The number of ether oxygens (including phenoxy) is 1. The van der Waals surface area contributed by atoms with Gasteiger partial charge < -0.3 is 10.1 Å². The van der Waals surface area contributed by atoms with E-state index in [0.29, 0.717) is 5.69 Å². The van der Waals surface area contributed by atoms with Crippen molar-refractivity contribution in [3.05, 3.63) is 42.5 Å². The third-order valence-electron chi connectivity index (χ3n) is 2.45. The number of carbonyl (C=O) groups excluding carboxylic acids is 3. The minimum atomic E-state index is -0.874. The van der Waals surface area contributed by atoms with Gasteiger partial charge in [-0.25, -0.2) is 4.79 Å². The summed E-state index contributed by atoms with van der Waals surface area (Å²) in [6.07, 6.45) is 2.04. The number of allylic oxidation sites excluding steroid dienone is 1. The number of benzene rings is 1. The highest BCUT2D eigenvalue weighted by Gasteiger charge is 2.19. The van der Waals surface area contributed by atoms with E-state index in [4.69, 9.17) is 0 Å². The van der Waals surface area contributed by atoms with Gasteiger partial charge in [0.1, 0.15) is 0 Å². The molecule has 1 atom stereocenters. The van der Waals surface area contributed by atoms with E-state index in [1.54, 1.807) is 24.3 Å². The predicted octanol–water partition coefficient (Wildman–Crippen LogP) is 1.56. The molecule has 0 spiro atoms. The van der Waals surface area contributed by atoms with Crippen molar-refractivity contribution in [3.63, 3.8) is 0 Å². The molecule has 0 saturated heterocycles. The summed E-state index contributed by atoms with van der Waals surface area (Å²) in [5.74, 6) is -2.39. The summed E-state index contributed by atoms with van der Waals surface area (Å²) in [6.45, 7) is 1.47. The number of para-hydroxylation sites is 1. The third-order valence-corrected chi connectivity index (χ3v) is 2.45. The maximum absolute atomic E-state index is 11.8. The summed E-state index contributed by atoms with van der Waals surface area (Å²) in [5, 5.41) is 2.61. The zero-order valence-electron chi connectivity index (χ0n) is 10.8. The van der Waals surface area contributed by atoms with Gasteiger partial charge in [0.25, 0.3) is 0 Å². The van der Waals surface area contributed by atoms with Crippen LogP contribution in [0.3, 0.4) is 0 Å². The number of amides is 1. The topological polar surface area (TPSA) is 72.5 Å². The van der Waals surface area contributed by atoms with E-state index in [2.05, 4.69) is 10.1 Å². The average molecular weight is 261 g/mol. The Morgan fingerprint density at radius 2 is 1.79 bits per heavy atom. The zero-order chi connectivity index (χ0) is 14.3. The van der Waals surface area contributed by atoms with Crippen molar-refractivity contribution >= 4 is 23.3 Å². The Hall–Kier alpha value is -2.43. The molecule has 1 aromatic carbocycles. The number of esters is 1. The van der Waals surface area contributed by atoms with Crippen molar-refractivity contribution in [2.75, 3.05) is 12.4 Å². The monoisotopic (exact) mass is 261 g/mol. The van der Waals surface area contributed by atoms with E-state index in [0.717, 1.165) is 12.2 Å². The number of anilines is 1. The van der Waals surface area contributed by atoms with Crippen LogP contribution >= 0.6 is 0 Å². The summed E-state index contributed by atoms with van der Waals surface area (Å²) < 4.78 is 4.36. The Bertz CT molecular complexity index is 493. The number of carbonyl (C=O) groups is 3. The molecule has 0 bridgehead atoms. The van der Waals surface area contributed by atoms with Gasteiger partial charge in [0.15, 0.2) is 5.78 Å². The van der Waals surface area contributed by atoms with Gasteiger partial charge in [-0.3, -0.25) is 9.59 Å². The fourth-order valence-electron chi connectivity index (χ4n) is 1.26. The molecule has 0 aromatic heterocycles. The van der Waals surface area contributed by atoms with Gasteiger partial charge in [0.2, 0.25) is 5.91 Å². The Balaban J connectivity index is 2.59. The fraction of sp³-hybridized carbons (Fsp3) is 0.214. The lowest BCUT2D eigenvalue weighted by Gasteiger charge is -2.09. The molecule has 0 saturated carbocycles. The maximum atomic E-state index is 11.8. The predicted molar refractivity (Wildman–Crippen MR) is 70.4 cm³/mol. The number of rotatable bonds is 5. The molecule has 5 heteroatoms. The van der Waals surface area contributed by atoms with Gasteiger partial charge in [-0.1, -0.05) is 18.2 Å². The second-order valence-electron chi connectivity index (χ2n) is 3.84. The van der Waals surface area contributed by atoms with E-state index < -0.39 is 23.6 Å². The van der Waals surface area contributed by atoms with Crippen LogP contribution in [0.1, 0.15) is 6.92 Å². The average Bonchev–Trinajstić information content (AvgIpc) is 2.44. The molecule has 1 unspecified atom stereocenters. The van der Waals surface area contributed by atoms with Crippen LogP contribution in [0.15, 0.2) is 42.5 Å². The Morgan fingerprint density at radius 3 is 2.37 bits per heavy atom. The van der Waals surface area contributed by atoms with Gasteiger partial charge in [-0.05, 0) is 25.1 Å². The molecule has 0 fully saturated rings. The van der Waals surface area contributed by atoms with Crippen LogP contribution in [0, 0.1) is 5.92 Å². The van der Waals surface area contributed by atoms with Crippen LogP contribution in [0.4, 0.5) is 5.69 Å². The maximum Gasteiger partial charge on any atom is 0.330 e. The quantitative estimate of drug-likeness (QED) is 0.496. The van der Waals surface area contributed by atoms with Gasteiger partial charge in [-0.2, -0.15) is 0 Å². The first-order chi connectivity index (χ1) is 9.04. The molecule has 1 N–H and O–H groups in total. The van der Waals surface area contributed by atoms with Crippen molar-refractivity contribution in [3.8, 4) is 0 Å². The van der Waals surface area contributed by atoms with Crippen LogP contribution in [0.2, 0.25) is 0 Å². The molecular weight excluding hydrogens is 246 g/mol. The van der Waals surface area contributed by atoms with Gasteiger partial charge in [-0.15, -0.1) is 0 Å². The molecule has 100 valence electrons. The number of ketones is 1. The highest BCUT2D eigenvalue weighted by atomic mass is 16.5.